The van der Waals surface area contributed by atoms with E-state index in [0.29, 0.717) is 22.6 Å². The van der Waals surface area contributed by atoms with Gasteiger partial charge in [-0.3, -0.25) is 0 Å². The summed E-state index contributed by atoms with van der Waals surface area (Å²) in [6, 6.07) is 11.6. The third-order valence-electron chi connectivity index (χ3n) is 2.79. The molecule has 0 aromatic heterocycles. The Bertz CT molecular complexity index is 631. The molecular weight excluding hydrogens is 277 g/mol. The van der Waals surface area contributed by atoms with Crippen LogP contribution in [0.15, 0.2) is 42.5 Å². The summed E-state index contributed by atoms with van der Waals surface area (Å²) in [5.74, 6) is 0.716. The second-order valence-corrected chi connectivity index (χ2v) is 4.55. The molecule has 0 amide bonds. The smallest absolute Gasteiger partial charge is 0.161 e. The van der Waals surface area contributed by atoms with E-state index in [0.717, 1.165) is 0 Å². The van der Waals surface area contributed by atoms with Crippen LogP contribution in [0.25, 0.3) is 0 Å². The monoisotopic (exact) mass is 291 g/mol. The number of ether oxygens (including phenoxy) is 2. The molecule has 0 bridgehead atoms. The molecule has 0 radical (unpaired) electrons. The minimum atomic E-state index is -0.300. The Morgan fingerprint density at radius 3 is 2.60 bits per heavy atom. The molecule has 0 aliphatic carbocycles. The third-order valence-corrected chi connectivity index (χ3v) is 3.02. The van der Waals surface area contributed by atoms with Crippen molar-refractivity contribution in [3.8, 4) is 11.5 Å². The van der Waals surface area contributed by atoms with Gasteiger partial charge in [0.2, 0.25) is 0 Å². The van der Waals surface area contributed by atoms with E-state index < -0.39 is 0 Å². The van der Waals surface area contributed by atoms with Gasteiger partial charge in [0.25, 0.3) is 0 Å². The zero-order valence-corrected chi connectivity index (χ0v) is 11.7. The lowest BCUT2D eigenvalue weighted by molar-refractivity contribution is 0.279. The summed E-state index contributed by atoms with van der Waals surface area (Å²) in [5.41, 5.74) is 6.73. The molecule has 0 spiro atoms. The Kier molecular flexibility index (Phi) is 4.53. The largest absolute Gasteiger partial charge is 0.493 e. The topological polar surface area (TPSA) is 44.5 Å². The normalized spacial score (nSPS) is 10.1. The van der Waals surface area contributed by atoms with E-state index in [9.17, 15) is 4.39 Å². The summed E-state index contributed by atoms with van der Waals surface area (Å²) in [6.07, 6.45) is 0. The Morgan fingerprint density at radius 2 is 1.95 bits per heavy atom. The van der Waals surface area contributed by atoms with Gasteiger partial charge in [-0.15, -0.1) is 0 Å². The van der Waals surface area contributed by atoms with Crippen molar-refractivity contribution in [2.45, 2.75) is 6.61 Å². The van der Waals surface area contributed by atoms with E-state index in [1.807, 2.05) is 0 Å². The Hall–Kier alpha value is -2.14. The summed E-state index contributed by atoms with van der Waals surface area (Å²) in [7, 11) is 1.52. The summed E-state index contributed by atoms with van der Waals surface area (Å²) in [6.45, 7) is 0.120. The van der Waals surface area contributed by atoms with E-state index in [1.165, 1.54) is 13.2 Å². The van der Waals surface area contributed by atoms with Crippen LogP contribution in [0.5, 0.6) is 11.5 Å². The van der Waals surface area contributed by atoms with Crippen molar-refractivity contribution in [2.24, 2.45) is 5.73 Å². The van der Waals surface area contributed by atoms with Gasteiger partial charge in [-0.25, -0.2) is 4.39 Å². The van der Waals surface area contributed by atoms with E-state index >= 15 is 0 Å². The molecule has 104 valence electrons. The fourth-order valence-corrected chi connectivity index (χ4v) is 1.84. The van der Waals surface area contributed by atoms with Crippen LogP contribution < -0.4 is 15.2 Å². The third kappa shape index (κ3) is 3.24. The molecule has 2 aromatic rings. The number of benzene rings is 2. The van der Waals surface area contributed by atoms with Crippen molar-refractivity contribution in [3.63, 3.8) is 0 Å². The molecule has 5 heteroatoms. The lowest BCUT2D eigenvalue weighted by Crippen LogP contribution is -2.09. The minimum absolute atomic E-state index is 0.120. The number of methoxy groups -OCH3 is 1. The van der Waals surface area contributed by atoms with Crippen molar-refractivity contribution in [1.82, 2.24) is 0 Å². The van der Waals surface area contributed by atoms with Crippen molar-refractivity contribution in [1.29, 1.82) is 0 Å². The first-order valence-corrected chi connectivity index (χ1v) is 6.36. The molecule has 2 aromatic carbocycles. The number of thiocarbonyl (C=S) groups is 1. The highest BCUT2D eigenvalue weighted by molar-refractivity contribution is 7.80. The van der Waals surface area contributed by atoms with Crippen LogP contribution in [0, 0.1) is 5.82 Å². The fraction of sp³-hybridized carbons (Fsp3) is 0.133. The second kappa shape index (κ2) is 6.34. The first-order chi connectivity index (χ1) is 9.61. The Morgan fingerprint density at radius 1 is 1.20 bits per heavy atom. The van der Waals surface area contributed by atoms with Gasteiger partial charge < -0.3 is 15.2 Å². The molecule has 20 heavy (non-hydrogen) atoms. The van der Waals surface area contributed by atoms with Crippen molar-refractivity contribution in [3.05, 3.63) is 59.4 Å². The Balaban J connectivity index is 2.17. The minimum Gasteiger partial charge on any atom is -0.493 e. The highest BCUT2D eigenvalue weighted by Crippen LogP contribution is 2.29. The van der Waals surface area contributed by atoms with Crippen molar-refractivity contribution in [2.75, 3.05) is 7.11 Å². The van der Waals surface area contributed by atoms with Gasteiger partial charge in [0.05, 0.1) is 7.11 Å². The Labute approximate surface area is 122 Å². The maximum absolute atomic E-state index is 13.5. The average molecular weight is 291 g/mol. The van der Waals surface area contributed by atoms with E-state index in [1.54, 1.807) is 36.4 Å². The predicted molar refractivity (Wildman–Crippen MR) is 79.6 cm³/mol. The zero-order valence-electron chi connectivity index (χ0n) is 10.9. The quantitative estimate of drug-likeness (QED) is 0.860. The number of rotatable bonds is 5. The van der Waals surface area contributed by atoms with Gasteiger partial charge in [0, 0.05) is 11.1 Å². The van der Waals surface area contributed by atoms with Crippen LogP contribution in [0.3, 0.4) is 0 Å². The molecule has 0 saturated heterocycles. The van der Waals surface area contributed by atoms with Gasteiger partial charge in [-0.05, 0) is 24.3 Å². The molecular formula is C15H14FNO2S. The van der Waals surface area contributed by atoms with Gasteiger partial charge in [0.15, 0.2) is 11.5 Å². The van der Waals surface area contributed by atoms with E-state index in [2.05, 4.69) is 0 Å². The SMILES string of the molecule is COc1cc(C(N)=S)ccc1OCc1ccccc1F. The highest BCUT2D eigenvalue weighted by Gasteiger charge is 2.08. The molecule has 0 atom stereocenters. The number of halogens is 1. The second-order valence-electron chi connectivity index (χ2n) is 4.11. The number of nitrogens with two attached hydrogens (primary N) is 1. The van der Waals surface area contributed by atoms with Crippen molar-refractivity contribution < 1.29 is 13.9 Å². The van der Waals surface area contributed by atoms with Crippen LogP contribution in [-0.4, -0.2) is 12.1 Å². The molecule has 2 N–H and O–H groups in total. The maximum atomic E-state index is 13.5. The molecule has 0 heterocycles. The summed E-state index contributed by atoms with van der Waals surface area (Å²) >= 11 is 4.90. The lowest BCUT2D eigenvalue weighted by atomic mass is 10.2. The van der Waals surface area contributed by atoms with Crippen LogP contribution in [0.1, 0.15) is 11.1 Å². The van der Waals surface area contributed by atoms with Crippen LogP contribution in [0.4, 0.5) is 4.39 Å². The zero-order chi connectivity index (χ0) is 14.5. The van der Waals surface area contributed by atoms with Crippen LogP contribution in [-0.2, 0) is 6.61 Å². The molecule has 0 aliphatic heterocycles. The van der Waals surface area contributed by atoms with Gasteiger partial charge in [0.1, 0.15) is 17.4 Å². The summed E-state index contributed by atoms with van der Waals surface area (Å²) in [5, 5.41) is 0. The number of hydrogen-bond donors (Lipinski definition) is 1. The standard InChI is InChI=1S/C15H14FNO2S/c1-18-14-8-10(15(17)20)6-7-13(14)19-9-11-4-2-3-5-12(11)16/h2-8H,9H2,1H3,(H2,17,20). The van der Waals surface area contributed by atoms with Gasteiger partial charge in [-0.1, -0.05) is 30.4 Å². The molecule has 0 unspecified atom stereocenters. The van der Waals surface area contributed by atoms with Crippen molar-refractivity contribution >= 4 is 17.2 Å². The fourth-order valence-electron chi connectivity index (χ4n) is 1.71. The predicted octanol–water partition coefficient (Wildman–Crippen LogP) is 3.05. The van der Waals surface area contributed by atoms with E-state index in [4.69, 9.17) is 27.4 Å². The maximum Gasteiger partial charge on any atom is 0.161 e. The molecule has 3 nitrogen and oxygen atoms in total. The number of hydrogen-bond acceptors (Lipinski definition) is 3. The summed E-state index contributed by atoms with van der Waals surface area (Å²) < 4.78 is 24.3. The molecule has 2 rings (SSSR count). The van der Waals surface area contributed by atoms with Crippen LogP contribution in [0.2, 0.25) is 0 Å². The highest BCUT2D eigenvalue weighted by atomic mass is 32.1. The summed E-state index contributed by atoms with van der Waals surface area (Å²) in [4.78, 5) is 0.281. The lowest BCUT2D eigenvalue weighted by Gasteiger charge is -2.12. The molecule has 0 saturated carbocycles. The first-order valence-electron chi connectivity index (χ1n) is 5.96. The van der Waals surface area contributed by atoms with E-state index in [-0.39, 0.29) is 17.4 Å². The van der Waals surface area contributed by atoms with Gasteiger partial charge >= 0.3 is 0 Å². The van der Waals surface area contributed by atoms with Gasteiger partial charge in [-0.2, -0.15) is 0 Å². The molecule has 0 aliphatic rings. The first kappa shape index (κ1) is 14.3. The van der Waals surface area contributed by atoms with Crippen LogP contribution >= 0.6 is 12.2 Å². The average Bonchev–Trinajstić information content (AvgIpc) is 2.46. The molecule has 0 fully saturated rings.